The van der Waals surface area contributed by atoms with Crippen LogP contribution in [0, 0.1) is 5.92 Å². The van der Waals surface area contributed by atoms with E-state index in [4.69, 9.17) is 4.42 Å². The summed E-state index contributed by atoms with van der Waals surface area (Å²) in [5.74, 6) is -0.577. The highest BCUT2D eigenvalue weighted by atomic mass is 16.4. The molecule has 1 aliphatic heterocycles. The summed E-state index contributed by atoms with van der Waals surface area (Å²) in [7, 11) is 0. The summed E-state index contributed by atoms with van der Waals surface area (Å²) in [4.78, 5) is 40.9. The molecular formula is C20H25N3O4. The third-order valence-corrected chi connectivity index (χ3v) is 5.79. The number of nitrogens with zero attached hydrogens (tertiary/aromatic N) is 1. The van der Waals surface area contributed by atoms with Gasteiger partial charge < -0.3 is 14.6 Å². The Morgan fingerprint density at radius 2 is 1.81 bits per heavy atom. The molecule has 2 aromatic rings. The van der Waals surface area contributed by atoms with Crippen LogP contribution in [0.2, 0.25) is 0 Å². The summed E-state index contributed by atoms with van der Waals surface area (Å²) in [6, 6.07) is 5.34. The summed E-state index contributed by atoms with van der Waals surface area (Å²) in [5, 5.41) is 3.14. The number of likely N-dealkylation sites (tertiary alicyclic amines) is 1. The molecule has 0 bridgehead atoms. The summed E-state index contributed by atoms with van der Waals surface area (Å²) in [6.45, 7) is 1.19. The Morgan fingerprint density at radius 1 is 1.07 bits per heavy atom. The molecule has 0 atom stereocenters. The zero-order chi connectivity index (χ0) is 18.8. The molecule has 7 heteroatoms. The zero-order valence-corrected chi connectivity index (χ0v) is 15.3. The molecule has 7 nitrogen and oxygen atoms in total. The van der Waals surface area contributed by atoms with E-state index in [0.717, 1.165) is 12.8 Å². The van der Waals surface area contributed by atoms with E-state index in [0.29, 0.717) is 48.6 Å². The number of nitrogens with one attached hydrogen (secondary N) is 2. The summed E-state index contributed by atoms with van der Waals surface area (Å²) in [6.07, 6.45) is 7.09. The summed E-state index contributed by atoms with van der Waals surface area (Å²) < 4.78 is 5.04. The van der Waals surface area contributed by atoms with Gasteiger partial charge in [0.05, 0.1) is 5.52 Å². The number of carbonyl (C=O) groups excluding carboxylic acids is 2. The first-order valence-corrected chi connectivity index (χ1v) is 9.83. The number of piperidine rings is 1. The molecule has 1 aromatic heterocycles. The van der Waals surface area contributed by atoms with Crippen LogP contribution in [0.5, 0.6) is 0 Å². The third kappa shape index (κ3) is 3.91. The van der Waals surface area contributed by atoms with Gasteiger partial charge in [-0.25, -0.2) is 9.59 Å². The number of urea groups is 1. The number of ketones is 1. The van der Waals surface area contributed by atoms with Gasteiger partial charge in [0, 0.05) is 30.6 Å². The number of oxazole rings is 1. The predicted molar refractivity (Wildman–Crippen MR) is 101 cm³/mol. The van der Waals surface area contributed by atoms with Gasteiger partial charge in [0.25, 0.3) is 0 Å². The average Bonchev–Trinajstić information content (AvgIpc) is 3.07. The first-order chi connectivity index (χ1) is 13.1. The molecule has 2 heterocycles. The third-order valence-electron chi connectivity index (χ3n) is 5.79. The Hall–Kier alpha value is -2.57. The van der Waals surface area contributed by atoms with Crippen molar-refractivity contribution in [2.75, 3.05) is 13.1 Å². The van der Waals surface area contributed by atoms with Gasteiger partial charge >= 0.3 is 11.8 Å². The van der Waals surface area contributed by atoms with E-state index in [9.17, 15) is 14.4 Å². The standard InChI is InChI=1S/C20H25N3O4/c24-18(14-6-7-16-17(12-14)27-20(26)22-16)13-8-10-23(11-9-13)19(25)21-15-4-2-1-3-5-15/h6-7,12-13,15H,1-5,8-11H2,(H,21,25)(H,22,26). The number of hydrogen-bond donors (Lipinski definition) is 2. The molecule has 1 aromatic carbocycles. The summed E-state index contributed by atoms with van der Waals surface area (Å²) in [5.41, 5.74) is 1.54. The van der Waals surface area contributed by atoms with Crippen LogP contribution in [0.25, 0.3) is 11.1 Å². The lowest BCUT2D eigenvalue weighted by atomic mass is 9.89. The molecule has 144 valence electrons. The number of hydrogen-bond acceptors (Lipinski definition) is 4. The molecular weight excluding hydrogens is 346 g/mol. The second-order valence-electron chi connectivity index (χ2n) is 7.64. The smallest absolute Gasteiger partial charge is 0.408 e. The number of carbonyl (C=O) groups is 2. The number of rotatable bonds is 3. The van der Waals surface area contributed by atoms with Crippen LogP contribution in [0.3, 0.4) is 0 Å². The molecule has 2 aliphatic rings. The Morgan fingerprint density at radius 3 is 2.56 bits per heavy atom. The van der Waals surface area contributed by atoms with Crippen molar-refractivity contribution in [1.82, 2.24) is 15.2 Å². The van der Waals surface area contributed by atoms with E-state index in [1.165, 1.54) is 19.3 Å². The van der Waals surface area contributed by atoms with Crippen molar-refractivity contribution < 1.29 is 14.0 Å². The lowest BCUT2D eigenvalue weighted by Crippen LogP contribution is -2.48. The molecule has 27 heavy (non-hydrogen) atoms. The fourth-order valence-corrected chi connectivity index (χ4v) is 4.19. The number of benzene rings is 1. The minimum absolute atomic E-state index is 0.00307. The fourth-order valence-electron chi connectivity index (χ4n) is 4.19. The quantitative estimate of drug-likeness (QED) is 0.811. The molecule has 0 radical (unpaired) electrons. The van der Waals surface area contributed by atoms with E-state index in [2.05, 4.69) is 10.3 Å². The van der Waals surface area contributed by atoms with Crippen LogP contribution in [0.15, 0.2) is 27.4 Å². The predicted octanol–water partition coefficient (Wildman–Crippen LogP) is 3.06. The van der Waals surface area contributed by atoms with Crippen LogP contribution < -0.4 is 11.1 Å². The van der Waals surface area contributed by atoms with Crippen LogP contribution in [-0.2, 0) is 0 Å². The van der Waals surface area contributed by atoms with Crippen molar-refractivity contribution in [3.05, 3.63) is 34.3 Å². The van der Waals surface area contributed by atoms with Gasteiger partial charge in [0.1, 0.15) is 0 Å². The normalized spacial score (nSPS) is 19.3. The van der Waals surface area contributed by atoms with Gasteiger partial charge in [-0.05, 0) is 43.9 Å². The Labute approximate surface area is 157 Å². The number of amides is 2. The molecule has 2 amide bonds. The molecule has 1 aliphatic carbocycles. The van der Waals surface area contributed by atoms with Crippen molar-refractivity contribution in [2.24, 2.45) is 5.92 Å². The van der Waals surface area contributed by atoms with E-state index >= 15 is 0 Å². The Kier molecular flexibility index (Phi) is 5.01. The molecule has 1 saturated carbocycles. The molecule has 4 rings (SSSR count). The van der Waals surface area contributed by atoms with Gasteiger partial charge in [-0.15, -0.1) is 0 Å². The van der Waals surface area contributed by atoms with Gasteiger partial charge in [-0.2, -0.15) is 0 Å². The first-order valence-electron chi connectivity index (χ1n) is 9.83. The maximum Gasteiger partial charge on any atom is 0.417 e. The first kappa shape index (κ1) is 17.8. The van der Waals surface area contributed by atoms with Gasteiger partial charge in [-0.1, -0.05) is 19.3 Å². The average molecular weight is 371 g/mol. The molecule has 0 spiro atoms. The number of aromatic nitrogens is 1. The topological polar surface area (TPSA) is 95.4 Å². The monoisotopic (exact) mass is 371 g/mol. The van der Waals surface area contributed by atoms with Crippen molar-refractivity contribution in [3.8, 4) is 0 Å². The van der Waals surface area contributed by atoms with E-state index in [1.54, 1.807) is 18.2 Å². The number of aromatic amines is 1. The van der Waals surface area contributed by atoms with E-state index in [-0.39, 0.29) is 17.7 Å². The zero-order valence-electron chi connectivity index (χ0n) is 15.3. The number of H-pyrrole nitrogens is 1. The molecule has 2 fully saturated rings. The maximum atomic E-state index is 12.8. The minimum atomic E-state index is -0.521. The molecule has 1 saturated heterocycles. The van der Waals surface area contributed by atoms with E-state index < -0.39 is 5.76 Å². The lowest BCUT2D eigenvalue weighted by Gasteiger charge is -2.33. The van der Waals surface area contributed by atoms with Crippen LogP contribution in [-0.4, -0.2) is 40.8 Å². The van der Waals surface area contributed by atoms with Gasteiger partial charge in [0.2, 0.25) is 0 Å². The van der Waals surface area contributed by atoms with Crippen molar-refractivity contribution in [3.63, 3.8) is 0 Å². The van der Waals surface area contributed by atoms with E-state index in [1.807, 2.05) is 4.90 Å². The molecule has 2 N–H and O–H groups in total. The molecule has 0 unspecified atom stereocenters. The highest BCUT2D eigenvalue weighted by Gasteiger charge is 2.29. The fraction of sp³-hybridized carbons (Fsp3) is 0.550. The Balaban J connectivity index is 1.34. The van der Waals surface area contributed by atoms with Crippen LogP contribution in [0.4, 0.5) is 4.79 Å². The van der Waals surface area contributed by atoms with Crippen molar-refractivity contribution >= 4 is 22.9 Å². The lowest BCUT2D eigenvalue weighted by molar-refractivity contribution is 0.0852. The van der Waals surface area contributed by atoms with Crippen LogP contribution in [0.1, 0.15) is 55.3 Å². The Bertz CT molecular complexity index is 886. The number of Topliss-reactive ketones (excluding diaryl/α,β-unsaturated/α-hetero) is 1. The second-order valence-corrected chi connectivity index (χ2v) is 7.64. The van der Waals surface area contributed by atoms with Gasteiger partial charge in [-0.3, -0.25) is 9.78 Å². The van der Waals surface area contributed by atoms with Gasteiger partial charge in [0.15, 0.2) is 11.4 Å². The number of fused-ring (bicyclic) bond motifs is 1. The highest BCUT2D eigenvalue weighted by Crippen LogP contribution is 2.24. The van der Waals surface area contributed by atoms with Crippen molar-refractivity contribution in [1.29, 1.82) is 0 Å². The summed E-state index contributed by atoms with van der Waals surface area (Å²) >= 11 is 0. The highest BCUT2D eigenvalue weighted by molar-refractivity contribution is 6.00. The second kappa shape index (κ2) is 7.58. The minimum Gasteiger partial charge on any atom is -0.408 e. The van der Waals surface area contributed by atoms with Crippen LogP contribution >= 0.6 is 0 Å². The maximum absolute atomic E-state index is 12.8. The van der Waals surface area contributed by atoms with Crippen molar-refractivity contribution in [2.45, 2.75) is 51.0 Å². The SMILES string of the molecule is O=C(c1ccc2[nH]c(=O)oc2c1)C1CCN(C(=O)NC2CCCCC2)CC1. The largest absolute Gasteiger partial charge is 0.417 e.